The summed E-state index contributed by atoms with van der Waals surface area (Å²) in [6.45, 7) is -0.130. The zero-order chi connectivity index (χ0) is 22.5. The van der Waals surface area contributed by atoms with Gasteiger partial charge in [-0.1, -0.05) is 59.8 Å². The smallest absolute Gasteiger partial charge is 0.245 e. The molecular weight excluding hydrogens is 448 g/mol. The summed E-state index contributed by atoms with van der Waals surface area (Å²) in [6.07, 6.45) is 1.40. The van der Waals surface area contributed by atoms with Crippen LogP contribution in [0.5, 0.6) is 0 Å². The van der Waals surface area contributed by atoms with Crippen molar-refractivity contribution >= 4 is 41.0 Å². The van der Waals surface area contributed by atoms with Crippen LogP contribution >= 0.6 is 23.4 Å². The number of aromatic nitrogens is 5. The van der Waals surface area contributed by atoms with Crippen LogP contribution in [0.1, 0.15) is 11.1 Å². The van der Waals surface area contributed by atoms with E-state index in [9.17, 15) is 10.1 Å². The minimum atomic E-state index is -0.398. The molecule has 0 aliphatic heterocycles. The number of hydrogen-bond donors (Lipinski definition) is 2. The van der Waals surface area contributed by atoms with Crippen LogP contribution < -0.4 is 11.1 Å². The molecule has 160 valence electrons. The minimum absolute atomic E-state index is 0.110. The summed E-state index contributed by atoms with van der Waals surface area (Å²) < 4.78 is 3.01. The fourth-order valence-corrected chi connectivity index (χ4v) is 4.17. The van der Waals surface area contributed by atoms with Gasteiger partial charge in [0.25, 0.3) is 0 Å². The normalized spacial score (nSPS) is 10.6. The molecule has 0 saturated heterocycles. The van der Waals surface area contributed by atoms with Gasteiger partial charge in [-0.15, -0.1) is 10.2 Å². The van der Waals surface area contributed by atoms with Gasteiger partial charge >= 0.3 is 0 Å². The number of thioether (sulfide) groups is 1. The van der Waals surface area contributed by atoms with Gasteiger partial charge < -0.3 is 11.1 Å². The number of nitrogens with two attached hydrogens (primary N) is 1. The van der Waals surface area contributed by atoms with Gasteiger partial charge in [0.15, 0.2) is 11.0 Å². The highest BCUT2D eigenvalue weighted by Gasteiger charge is 2.18. The Morgan fingerprint density at radius 1 is 1.16 bits per heavy atom. The maximum Gasteiger partial charge on any atom is 0.245 e. The van der Waals surface area contributed by atoms with E-state index in [0.29, 0.717) is 21.6 Å². The summed E-state index contributed by atoms with van der Waals surface area (Å²) in [5.41, 5.74) is 7.83. The second-order valence-electron chi connectivity index (χ2n) is 6.62. The molecule has 0 bridgehead atoms. The molecule has 0 aliphatic rings. The third kappa shape index (κ3) is 4.59. The Morgan fingerprint density at radius 3 is 2.66 bits per heavy atom. The molecule has 2 aromatic carbocycles. The molecule has 2 aromatic heterocycles. The average Bonchev–Trinajstić information content (AvgIpc) is 3.37. The first kappa shape index (κ1) is 21.4. The fraction of sp³-hybridized carbons (Fsp3) is 0.0952. The van der Waals surface area contributed by atoms with Gasteiger partial charge in [-0.3, -0.25) is 9.36 Å². The summed E-state index contributed by atoms with van der Waals surface area (Å²) in [4.78, 5) is 12.8. The predicted molar refractivity (Wildman–Crippen MR) is 122 cm³/mol. The molecule has 4 rings (SSSR count). The molecule has 0 aliphatic carbocycles. The lowest BCUT2D eigenvalue weighted by Crippen LogP contribution is -2.22. The summed E-state index contributed by atoms with van der Waals surface area (Å²) >= 11 is 7.58. The Labute approximate surface area is 192 Å². The Bertz CT molecular complexity index is 1290. The van der Waals surface area contributed by atoms with Crippen LogP contribution in [0.2, 0.25) is 5.02 Å². The first-order valence-corrected chi connectivity index (χ1v) is 10.8. The van der Waals surface area contributed by atoms with Gasteiger partial charge in [0.05, 0.1) is 11.9 Å². The molecule has 0 saturated carbocycles. The van der Waals surface area contributed by atoms with Crippen molar-refractivity contribution in [2.45, 2.75) is 17.5 Å². The predicted octanol–water partition coefficient (Wildman–Crippen LogP) is 3.50. The van der Waals surface area contributed by atoms with Crippen LogP contribution in [0.4, 0.5) is 11.8 Å². The van der Waals surface area contributed by atoms with Crippen molar-refractivity contribution in [1.29, 1.82) is 5.26 Å². The van der Waals surface area contributed by atoms with Gasteiger partial charge in [0.1, 0.15) is 18.2 Å². The van der Waals surface area contributed by atoms with Crippen LogP contribution in [-0.2, 0) is 17.1 Å². The SMILES string of the molecule is N#Cc1cnn(-c2ccccc2)c1NC(=O)Cn1c(N)nnc1SCc1ccccc1Cl. The van der Waals surface area contributed by atoms with E-state index in [-0.39, 0.29) is 23.9 Å². The molecule has 0 spiro atoms. The van der Waals surface area contributed by atoms with E-state index in [1.165, 1.54) is 27.2 Å². The molecule has 2 heterocycles. The van der Waals surface area contributed by atoms with Crippen LogP contribution in [0, 0.1) is 11.3 Å². The molecule has 1 amide bonds. The second-order valence-corrected chi connectivity index (χ2v) is 7.97. The van der Waals surface area contributed by atoms with E-state index in [4.69, 9.17) is 17.3 Å². The Balaban J connectivity index is 1.51. The maximum absolute atomic E-state index is 12.8. The quantitative estimate of drug-likeness (QED) is 0.400. The zero-order valence-electron chi connectivity index (χ0n) is 16.6. The maximum atomic E-state index is 12.8. The van der Waals surface area contributed by atoms with Crippen molar-refractivity contribution in [1.82, 2.24) is 24.5 Å². The molecule has 11 heteroatoms. The number of hydrogen-bond acceptors (Lipinski definition) is 7. The molecule has 0 atom stereocenters. The molecule has 3 N–H and O–H groups in total. The lowest BCUT2D eigenvalue weighted by atomic mass is 10.2. The standard InChI is InChI=1S/C21H17ClN8OS/c22-17-9-5-4-6-14(17)13-32-21-28-27-20(24)29(21)12-18(31)26-19-15(10-23)11-25-30(19)16-7-2-1-3-8-16/h1-9,11H,12-13H2,(H2,24,27)(H,26,31). The van der Waals surface area contributed by atoms with Crippen molar-refractivity contribution in [2.75, 3.05) is 11.1 Å². The number of anilines is 2. The van der Waals surface area contributed by atoms with E-state index in [2.05, 4.69) is 20.6 Å². The number of carbonyl (C=O) groups is 1. The molecule has 0 unspecified atom stereocenters. The number of nitrogens with zero attached hydrogens (tertiary/aromatic N) is 6. The van der Waals surface area contributed by atoms with Crippen LogP contribution in [0.3, 0.4) is 0 Å². The topological polar surface area (TPSA) is 127 Å². The Kier molecular flexibility index (Phi) is 6.39. The van der Waals surface area contributed by atoms with Gasteiger partial charge in [-0.2, -0.15) is 10.4 Å². The number of amides is 1. The number of carbonyl (C=O) groups excluding carboxylic acids is 1. The highest BCUT2D eigenvalue weighted by molar-refractivity contribution is 7.98. The van der Waals surface area contributed by atoms with Crippen LogP contribution in [0.15, 0.2) is 66.0 Å². The molecule has 0 radical (unpaired) electrons. The number of halogens is 1. The van der Waals surface area contributed by atoms with E-state index < -0.39 is 5.91 Å². The lowest BCUT2D eigenvalue weighted by molar-refractivity contribution is -0.116. The summed E-state index contributed by atoms with van der Waals surface area (Å²) in [6, 6.07) is 18.7. The number of para-hydroxylation sites is 1. The second kappa shape index (κ2) is 9.55. The van der Waals surface area contributed by atoms with Gasteiger partial charge in [0.2, 0.25) is 11.9 Å². The largest absolute Gasteiger partial charge is 0.368 e. The summed E-state index contributed by atoms with van der Waals surface area (Å²) in [5.74, 6) is 0.531. The number of nitriles is 1. The van der Waals surface area contributed by atoms with E-state index >= 15 is 0 Å². The van der Waals surface area contributed by atoms with Crippen molar-refractivity contribution in [3.05, 3.63) is 76.9 Å². The number of rotatable bonds is 7. The van der Waals surface area contributed by atoms with Crippen LogP contribution in [0.25, 0.3) is 5.69 Å². The van der Waals surface area contributed by atoms with Crippen molar-refractivity contribution in [3.8, 4) is 11.8 Å². The van der Waals surface area contributed by atoms with Gasteiger partial charge in [-0.05, 0) is 23.8 Å². The minimum Gasteiger partial charge on any atom is -0.368 e. The lowest BCUT2D eigenvalue weighted by Gasteiger charge is -2.11. The third-order valence-corrected chi connectivity index (χ3v) is 5.89. The summed E-state index contributed by atoms with van der Waals surface area (Å²) in [5, 5.41) is 25.5. The molecule has 9 nitrogen and oxygen atoms in total. The Hall–Kier alpha value is -3.81. The monoisotopic (exact) mass is 464 g/mol. The third-order valence-electron chi connectivity index (χ3n) is 4.51. The first-order chi connectivity index (χ1) is 15.6. The van der Waals surface area contributed by atoms with Crippen molar-refractivity contribution in [2.24, 2.45) is 0 Å². The van der Waals surface area contributed by atoms with Crippen molar-refractivity contribution in [3.63, 3.8) is 0 Å². The van der Waals surface area contributed by atoms with Crippen LogP contribution in [-0.4, -0.2) is 30.5 Å². The number of nitrogen functional groups attached to an aromatic ring is 1. The average molecular weight is 465 g/mol. The highest BCUT2D eigenvalue weighted by atomic mass is 35.5. The van der Waals surface area contributed by atoms with E-state index in [1.54, 1.807) is 0 Å². The first-order valence-electron chi connectivity index (χ1n) is 9.45. The number of benzene rings is 2. The molecular formula is C21H17ClN8OS. The summed E-state index contributed by atoms with van der Waals surface area (Å²) in [7, 11) is 0. The van der Waals surface area contributed by atoms with E-state index in [0.717, 1.165) is 5.56 Å². The van der Waals surface area contributed by atoms with Gasteiger partial charge in [0, 0.05) is 10.8 Å². The molecule has 0 fully saturated rings. The Morgan fingerprint density at radius 2 is 1.91 bits per heavy atom. The van der Waals surface area contributed by atoms with Gasteiger partial charge in [-0.25, -0.2) is 4.68 Å². The molecule has 4 aromatic rings. The molecule has 32 heavy (non-hydrogen) atoms. The highest BCUT2D eigenvalue weighted by Crippen LogP contribution is 2.27. The van der Waals surface area contributed by atoms with Crippen molar-refractivity contribution < 1.29 is 4.79 Å². The van der Waals surface area contributed by atoms with E-state index in [1.807, 2.05) is 60.7 Å². The zero-order valence-corrected chi connectivity index (χ0v) is 18.2. The number of nitrogens with one attached hydrogen (secondary N) is 1. The fourth-order valence-electron chi connectivity index (χ4n) is 2.94.